The van der Waals surface area contributed by atoms with E-state index in [2.05, 4.69) is 12.2 Å². The molecule has 0 saturated carbocycles. The van der Waals surface area contributed by atoms with Crippen molar-refractivity contribution in [3.63, 3.8) is 0 Å². The summed E-state index contributed by atoms with van der Waals surface area (Å²) in [5, 5.41) is 3.34. The molecule has 1 aromatic carbocycles. The molecule has 1 atom stereocenters. The van der Waals surface area contributed by atoms with Crippen LogP contribution in [0.1, 0.15) is 22.8 Å². The van der Waals surface area contributed by atoms with Crippen LogP contribution in [0.3, 0.4) is 0 Å². The molecule has 1 aliphatic heterocycles. The van der Waals surface area contributed by atoms with Crippen molar-refractivity contribution in [1.29, 1.82) is 0 Å². The van der Waals surface area contributed by atoms with Crippen LogP contribution in [0, 0.1) is 6.92 Å². The van der Waals surface area contributed by atoms with Crippen LogP contribution < -0.4 is 5.32 Å². The number of aryl methyl sites for hydroxylation is 1. The zero-order chi connectivity index (χ0) is 11.5. The fourth-order valence-corrected chi connectivity index (χ4v) is 2.10. The van der Waals surface area contributed by atoms with E-state index >= 15 is 0 Å². The standard InChI is InChI=1S/C13H18N2O/c1-10-5-3-4-6-12(10)13(16)15-8-7-14-11(2)9-15/h3-6,11,14H,7-9H2,1-2H3. The van der Waals surface area contributed by atoms with Crippen molar-refractivity contribution in [3.05, 3.63) is 35.4 Å². The molecule has 2 rings (SSSR count). The molecule has 16 heavy (non-hydrogen) atoms. The van der Waals surface area contributed by atoms with Crippen molar-refractivity contribution >= 4 is 5.91 Å². The second kappa shape index (κ2) is 4.66. The maximum absolute atomic E-state index is 12.3. The third-order valence-corrected chi connectivity index (χ3v) is 3.03. The van der Waals surface area contributed by atoms with Crippen molar-refractivity contribution < 1.29 is 4.79 Å². The van der Waals surface area contributed by atoms with Crippen LogP contribution >= 0.6 is 0 Å². The van der Waals surface area contributed by atoms with Gasteiger partial charge in [-0.25, -0.2) is 0 Å². The first-order valence-electron chi connectivity index (χ1n) is 5.77. The van der Waals surface area contributed by atoms with Gasteiger partial charge in [0, 0.05) is 31.2 Å². The second-order valence-corrected chi connectivity index (χ2v) is 4.42. The van der Waals surface area contributed by atoms with Gasteiger partial charge in [-0.15, -0.1) is 0 Å². The van der Waals surface area contributed by atoms with Gasteiger partial charge >= 0.3 is 0 Å². The van der Waals surface area contributed by atoms with Crippen molar-refractivity contribution in [3.8, 4) is 0 Å². The number of hydrogen-bond donors (Lipinski definition) is 1. The number of hydrogen-bond acceptors (Lipinski definition) is 2. The number of amides is 1. The Bertz CT molecular complexity index is 389. The summed E-state index contributed by atoms with van der Waals surface area (Å²) in [5.74, 6) is 0.159. The van der Waals surface area contributed by atoms with Crippen molar-refractivity contribution in [2.75, 3.05) is 19.6 Å². The van der Waals surface area contributed by atoms with E-state index < -0.39 is 0 Å². The van der Waals surface area contributed by atoms with E-state index in [0.717, 1.165) is 30.8 Å². The molecule has 0 aliphatic carbocycles. The monoisotopic (exact) mass is 218 g/mol. The smallest absolute Gasteiger partial charge is 0.254 e. The van der Waals surface area contributed by atoms with Gasteiger partial charge in [0.05, 0.1) is 0 Å². The minimum atomic E-state index is 0.159. The molecule has 3 heteroatoms. The normalized spacial score (nSPS) is 20.9. The van der Waals surface area contributed by atoms with E-state index in [-0.39, 0.29) is 5.91 Å². The van der Waals surface area contributed by atoms with Gasteiger partial charge in [-0.1, -0.05) is 18.2 Å². The Morgan fingerprint density at radius 3 is 2.88 bits per heavy atom. The van der Waals surface area contributed by atoms with Crippen LogP contribution in [0.5, 0.6) is 0 Å². The van der Waals surface area contributed by atoms with Crippen LogP contribution in [0.2, 0.25) is 0 Å². The molecule has 0 spiro atoms. The highest BCUT2D eigenvalue weighted by molar-refractivity contribution is 5.95. The summed E-state index contributed by atoms with van der Waals surface area (Å²) >= 11 is 0. The Hall–Kier alpha value is -1.35. The third-order valence-electron chi connectivity index (χ3n) is 3.03. The van der Waals surface area contributed by atoms with Gasteiger partial charge in [-0.05, 0) is 25.5 Å². The molecular formula is C13H18N2O. The van der Waals surface area contributed by atoms with Gasteiger partial charge in [0.1, 0.15) is 0 Å². The molecule has 86 valence electrons. The summed E-state index contributed by atoms with van der Waals surface area (Å²) in [5.41, 5.74) is 1.88. The molecule has 0 bridgehead atoms. The van der Waals surface area contributed by atoms with Crippen LogP contribution in [0.15, 0.2) is 24.3 Å². The number of carbonyl (C=O) groups excluding carboxylic acids is 1. The molecule has 1 aliphatic rings. The SMILES string of the molecule is Cc1ccccc1C(=O)N1CCNC(C)C1. The third kappa shape index (κ3) is 2.25. The van der Waals surface area contributed by atoms with E-state index in [1.54, 1.807) is 0 Å². The number of benzene rings is 1. The van der Waals surface area contributed by atoms with E-state index in [1.807, 2.05) is 36.1 Å². The minimum Gasteiger partial charge on any atom is -0.336 e. The Balaban J connectivity index is 2.16. The number of carbonyl (C=O) groups is 1. The lowest BCUT2D eigenvalue weighted by Crippen LogP contribution is -2.51. The summed E-state index contributed by atoms with van der Waals surface area (Å²) in [4.78, 5) is 14.2. The fraction of sp³-hybridized carbons (Fsp3) is 0.462. The molecular weight excluding hydrogens is 200 g/mol. The van der Waals surface area contributed by atoms with Crippen LogP contribution in [0.25, 0.3) is 0 Å². The predicted molar refractivity (Wildman–Crippen MR) is 64.5 cm³/mol. The average Bonchev–Trinajstić information content (AvgIpc) is 2.29. The molecule has 1 N–H and O–H groups in total. The van der Waals surface area contributed by atoms with Gasteiger partial charge in [-0.3, -0.25) is 4.79 Å². The number of nitrogens with one attached hydrogen (secondary N) is 1. The maximum atomic E-state index is 12.3. The van der Waals surface area contributed by atoms with Crippen LogP contribution in [0.4, 0.5) is 0 Å². The highest BCUT2D eigenvalue weighted by Gasteiger charge is 2.22. The molecule has 1 unspecified atom stereocenters. The summed E-state index contributed by atoms with van der Waals surface area (Å²) in [6.07, 6.45) is 0. The van der Waals surface area contributed by atoms with Crippen LogP contribution in [-0.2, 0) is 0 Å². The zero-order valence-electron chi connectivity index (χ0n) is 9.86. The average molecular weight is 218 g/mol. The maximum Gasteiger partial charge on any atom is 0.254 e. The Labute approximate surface area is 96.5 Å². The molecule has 3 nitrogen and oxygen atoms in total. The first kappa shape index (κ1) is 11.1. The molecule has 1 amide bonds. The largest absolute Gasteiger partial charge is 0.336 e. The van der Waals surface area contributed by atoms with Gasteiger partial charge in [0.15, 0.2) is 0 Å². The van der Waals surface area contributed by atoms with E-state index in [4.69, 9.17) is 0 Å². The summed E-state index contributed by atoms with van der Waals surface area (Å²) in [6.45, 7) is 6.58. The van der Waals surface area contributed by atoms with Crippen molar-refractivity contribution in [2.24, 2.45) is 0 Å². The second-order valence-electron chi connectivity index (χ2n) is 4.42. The van der Waals surface area contributed by atoms with Gasteiger partial charge in [0.2, 0.25) is 0 Å². The Morgan fingerprint density at radius 1 is 1.44 bits per heavy atom. The lowest BCUT2D eigenvalue weighted by Gasteiger charge is -2.32. The number of piperazine rings is 1. The zero-order valence-corrected chi connectivity index (χ0v) is 9.86. The summed E-state index contributed by atoms with van der Waals surface area (Å²) in [7, 11) is 0. The first-order chi connectivity index (χ1) is 7.68. The molecule has 1 heterocycles. The van der Waals surface area contributed by atoms with Crippen molar-refractivity contribution in [1.82, 2.24) is 10.2 Å². The van der Waals surface area contributed by atoms with E-state index in [0.29, 0.717) is 6.04 Å². The molecule has 0 aromatic heterocycles. The number of rotatable bonds is 1. The van der Waals surface area contributed by atoms with Gasteiger partial charge < -0.3 is 10.2 Å². The summed E-state index contributed by atoms with van der Waals surface area (Å²) in [6, 6.07) is 8.17. The topological polar surface area (TPSA) is 32.3 Å². The fourth-order valence-electron chi connectivity index (χ4n) is 2.10. The molecule has 1 aromatic rings. The van der Waals surface area contributed by atoms with Gasteiger partial charge in [-0.2, -0.15) is 0 Å². The van der Waals surface area contributed by atoms with Crippen molar-refractivity contribution in [2.45, 2.75) is 19.9 Å². The predicted octanol–water partition coefficient (Wildman–Crippen LogP) is 1.43. The Morgan fingerprint density at radius 2 is 2.19 bits per heavy atom. The molecule has 0 radical (unpaired) electrons. The molecule has 1 saturated heterocycles. The van der Waals surface area contributed by atoms with Crippen LogP contribution in [-0.4, -0.2) is 36.5 Å². The highest BCUT2D eigenvalue weighted by Crippen LogP contribution is 2.12. The minimum absolute atomic E-state index is 0.159. The van der Waals surface area contributed by atoms with E-state index in [9.17, 15) is 4.79 Å². The van der Waals surface area contributed by atoms with E-state index in [1.165, 1.54) is 0 Å². The lowest BCUT2D eigenvalue weighted by atomic mass is 10.1. The first-order valence-corrected chi connectivity index (χ1v) is 5.77. The Kier molecular flexibility index (Phi) is 3.25. The highest BCUT2D eigenvalue weighted by atomic mass is 16.2. The molecule has 1 fully saturated rings. The van der Waals surface area contributed by atoms with Gasteiger partial charge in [0.25, 0.3) is 5.91 Å². The quantitative estimate of drug-likeness (QED) is 0.773. The summed E-state index contributed by atoms with van der Waals surface area (Å²) < 4.78 is 0. The lowest BCUT2D eigenvalue weighted by molar-refractivity contribution is 0.0708. The number of nitrogens with zero attached hydrogens (tertiary/aromatic N) is 1.